The third kappa shape index (κ3) is 4.72. The van der Waals surface area contributed by atoms with E-state index in [4.69, 9.17) is 10.9 Å². The molecule has 0 atom stereocenters. The van der Waals surface area contributed by atoms with E-state index in [1.165, 1.54) is 12.1 Å². The highest BCUT2D eigenvalue weighted by Gasteiger charge is 2.01. The molecule has 0 saturated carbocycles. The zero-order valence-corrected chi connectivity index (χ0v) is 9.93. The van der Waals surface area contributed by atoms with Crippen LogP contribution >= 0.6 is 0 Å². The predicted octanol–water partition coefficient (Wildman–Crippen LogP) is 2.18. The molecule has 0 heterocycles. The molecular weight excluding hydrogens is 221 g/mol. The van der Waals surface area contributed by atoms with Crippen molar-refractivity contribution < 1.29 is 9.60 Å². The minimum Gasteiger partial charge on any atom is -0.409 e. The van der Waals surface area contributed by atoms with E-state index in [9.17, 15) is 4.39 Å². The summed E-state index contributed by atoms with van der Waals surface area (Å²) in [7, 11) is 1.96. The third-order valence-corrected chi connectivity index (χ3v) is 2.57. The maximum atomic E-state index is 12.7. The number of hydrogen-bond donors (Lipinski definition) is 2. The second-order valence-electron chi connectivity index (χ2n) is 3.95. The Kier molecular flexibility index (Phi) is 5.26. The van der Waals surface area contributed by atoms with Crippen LogP contribution in [0.5, 0.6) is 0 Å². The number of unbranched alkanes of at least 4 members (excludes halogenated alkanes) is 1. The van der Waals surface area contributed by atoms with Crippen molar-refractivity contribution in [2.75, 3.05) is 18.5 Å². The highest BCUT2D eigenvalue weighted by atomic mass is 19.1. The van der Waals surface area contributed by atoms with E-state index >= 15 is 0 Å². The van der Waals surface area contributed by atoms with E-state index in [1.54, 1.807) is 12.1 Å². The average molecular weight is 239 g/mol. The molecule has 1 aromatic carbocycles. The standard InChI is InChI=1S/C12H18FN3O/c1-16(9-3-2-4-12(14)15-17)11-7-5-10(13)6-8-11/h5-8,17H,2-4,9H2,1H3,(H2,14,15). The number of anilines is 1. The minimum atomic E-state index is -0.228. The maximum Gasteiger partial charge on any atom is 0.139 e. The van der Waals surface area contributed by atoms with Crippen molar-refractivity contribution in [2.45, 2.75) is 19.3 Å². The number of rotatable bonds is 6. The number of halogens is 1. The van der Waals surface area contributed by atoms with E-state index in [2.05, 4.69) is 5.16 Å². The quantitative estimate of drug-likeness (QED) is 0.263. The van der Waals surface area contributed by atoms with E-state index in [-0.39, 0.29) is 11.7 Å². The maximum absolute atomic E-state index is 12.7. The molecule has 0 unspecified atom stereocenters. The van der Waals surface area contributed by atoms with Crippen molar-refractivity contribution in [1.29, 1.82) is 0 Å². The van der Waals surface area contributed by atoms with Crippen LogP contribution in [0.3, 0.4) is 0 Å². The Labute approximate surface area is 101 Å². The first-order chi connectivity index (χ1) is 8.13. The van der Waals surface area contributed by atoms with Gasteiger partial charge in [-0.3, -0.25) is 0 Å². The van der Waals surface area contributed by atoms with Crippen molar-refractivity contribution in [3.63, 3.8) is 0 Å². The Morgan fingerprint density at radius 3 is 2.59 bits per heavy atom. The Balaban J connectivity index is 2.30. The molecule has 0 spiro atoms. The van der Waals surface area contributed by atoms with Gasteiger partial charge in [0.25, 0.3) is 0 Å². The number of nitrogens with two attached hydrogens (primary N) is 1. The molecule has 0 aliphatic rings. The van der Waals surface area contributed by atoms with Gasteiger partial charge in [-0.25, -0.2) is 4.39 Å². The van der Waals surface area contributed by atoms with Crippen LogP contribution in [-0.4, -0.2) is 24.6 Å². The first kappa shape index (κ1) is 13.3. The van der Waals surface area contributed by atoms with E-state index in [0.717, 1.165) is 25.1 Å². The molecule has 0 fully saturated rings. The monoisotopic (exact) mass is 239 g/mol. The largest absolute Gasteiger partial charge is 0.409 e. The summed E-state index contributed by atoms with van der Waals surface area (Å²) in [5, 5.41) is 11.3. The van der Waals surface area contributed by atoms with Crippen LogP contribution in [-0.2, 0) is 0 Å². The smallest absolute Gasteiger partial charge is 0.139 e. The second-order valence-corrected chi connectivity index (χ2v) is 3.95. The number of benzene rings is 1. The summed E-state index contributed by atoms with van der Waals surface area (Å²) in [5.41, 5.74) is 6.34. The summed E-state index contributed by atoms with van der Waals surface area (Å²) < 4.78 is 12.7. The van der Waals surface area contributed by atoms with E-state index < -0.39 is 0 Å². The fourth-order valence-corrected chi connectivity index (χ4v) is 1.53. The summed E-state index contributed by atoms with van der Waals surface area (Å²) in [5.74, 6) is 0.0310. The lowest BCUT2D eigenvalue weighted by atomic mass is 10.2. The molecule has 5 heteroatoms. The number of nitrogens with zero attached hydrogens (tertiary/aromatic N) is 2. The van der Waals surface area contributed by atoms with Crippen LogP contribution in [0.1, 0.15) is 19.3 Å². The first-order valence-electron chi connectivity index (χ1n) is 5.56. The zero-order chi connectivity index (χ0) is 12.7. The molecule has 0 radical (unpaired) electrons. The van der Waals surface area contributed by atoms with Gasteiger partial charge < -0.3 is 15.8 Å². The highest BCUT2D eigenvalue weighted by molar-refractivity contribution is 5.79. The molecule has 17 heavy (non-hydrogen) atoms. The van der Waals surface area contributed by atoms with Gasteiger partial charge in [0, 0.05) is 25.7 Å². The fourth-order valence-electron chi connectivity index (χ4n) is 1.53. The predicted molar refractivity (Wildman–Crippen MR) is 66.9 cm³/mol. The van der Waals surface area contributed by atoms with Gasteiger partial charge in [0.2, 0.25) is 0 Å². The van der Waals surface area contributed by atoms with Gasteiger partial charge in [-0.1, -0.05) is 5.16 Å². The summed E-state index contributed by atoms with van der Waals surface area (Å²) in [6, 6.07) is 6.39. The molecule has 1 rings (SSSR count). The summed E-state index contributed by atoms with van der Waals surface area (Å²) in [6.45, 7) is 0.852. The molecule has 0 aromatic heterocycles. The van der Waals surface area contributed by atoms with Gasteiger partial charge >= 0.3 is 0 Å². The molecule has 0 amide bonds. The summed E-state index contributed by atoms with van der Waals surface area (Å²) in [4.78, 5) is 2.05. The molecule has 0 bridgehead atoms. The van der Waals surface area contributed by atoms with Crippen molar-refractivity contribution in [3.8, 4) is 0 Å². The van der Waals surface area contributed by atoms with Crippen molar-refractivity contribution in [2.24, 2.45) is 10.9 Å². The Morgan fingerprint density at radius 2 is 2.00 bits per heavy atom. The van der Waals surface area contributed by atoms with Crippen LogP contribution in [0.4, 0.5) is 10.1 Å². The normalized spacial score (nSPS) is 11.5. The van der Waals surface area contributed by atoms with Crippen LogP contribution in [0.25, 0.3) is 0 Å². The highest BCUT2D eigenvalue weighted by Crippen LogP contribution is 2.13. The van der Waals surface area contributed by atoms with Gasteiger partial charge in [0.05, 0.1) is 0 Å². The first-order valence-corrected chi connectivity index (χ1v) is 5.56. The van der Waals surface area contributed by atoms with Gasteiger partial charge in [-0.05, 0) is 37.1 Å². The lowest BCUT2D eigenvalue weighted by Crippen LogP contribution is -2.19. The summed E-state index contributed by atoms with van der Waals surface area (Å²) in [6.07, 6.45) is 2.39. The molecular formula is C12H18FN3O. The lowest BCUT2D eigenvalue weighted by molar-refractivity contribution is 0.316. The van der Waals surface area contributed by atoms with Crippen LogP contribution in [0.2, 0.25) is 0 Å². The van der Waals surface area contributed by atoms with Gasteiger partial charge in [0.15, 0.2) is 0 Å². The molecule has 3 N–H and O–H groups in total. The molecule has 1 aromatic rings. The average Bonchev–Trinajstić information content (AvgIpc) is 2.34. The molecule has 4 nitrogen and oxygen atoms in total. The van der Waals surface area contributed by atoms with E-state index in [1.807, 2.05) is 11.9 Å². The van der Waals surface area contributed by atoms with Gasteiger partial charge in [0.1, 0.15) is 11.7 Å². The van der Waals surface area contributed by atoms with Crippen molar-refractivity contribution >= 4 is 11.5 Å². The minimum absolute atomic E-state index is 0.228. The lowest BCUT2D eigenvalue weighted by Gasteiger charge is -2.18. The number of amidine groups is 1. The van der Waals surface area contributed by atoms with Gasteiger partial charge in [-0.15, -0.1) is 0 Å². The Morgan fingerprint density at radius 1 is 1.35 bits per heavy atom. The van der Waals surface area contributed by atoms with Crippen molar-refractivity contribution in [3.05, 3.63) is 30.1 Å². The Hall–Kier alpha value is -1.78. The van der Waals surface area contributed by atoms with E-state index in [0.29, 0.717) is 6.42 Å². The molecule has 0 aliphatic heterocycles. The Bertz CT molecular complexity index is 365. The second kappa shape index (κ2) is 6.73. The van der Waals surface area contributed by atoms with Crippen LogP contribution < -0.4 is 10.6 Å². The number of oxime groups is 1. The van der Waals surface area contributed by atoms with Gasteiger partial charge in [-0.2, -0.15) is 0 Å². The fraction of sp³-hybridized carbons (Fsp3) is 0.417. The number of hydrogen-bond acceptors (Lipinski definition) is 3. The van der Waals surface area contributed by atoms with Crippen molar-refractivity contribution in [1.82, 2.24) is 0 Å². The van der Waals surface area contributed by atoms with Crippen LogP contribution in [0, 0.1) is 5.82 Å². The SMILES string of the molecule is CN(CCCCC(N)=NO)c1ccc(F)cc1. The summed E-state index contributed by atoms with van der Waals surface area (Å²) >= 11 is 0. The van der Waals surface area contributed by atoms with Crippen LogP contribution in [0.15, 0.2) is 29.4 Å². The molecule has 0 aliphatic carbocycles. The topological polar surface area (TPSA) is 61.8 Å². The molecule has 0 saturated heterocycles. The zero-order valence-electron chi connectivity index (χ0n) is 9.93. The third-order valence-electron chi connectivity index (χ3n) is 2.57. The molecule has 94 valence electrons.